The normalized spacial score (nSPS) is 18.6. The number of hydrogen-bond donors (Lipinski definition) is 3. The Morgan fingerprint density at radius 2 is 1.88 bits per heavy atom. The average molecular weight is 445 g/mol. The molecule has 32 heavy (non-hydrogen) atoms. The Balaban J connectivity index is 0.00000114. The molecule has 0 aliphatic heterocycles. The quantitative estimate of drug-likeness (QED) is 0.569. The minimum Gasteiger partial charge on any atom is -0.484 e. The van der Waals surface area contributed by atoms with Gasteiger partial charge in [0.1, 0.15) is 23.8 Å². The second-order valence-corrected chi connectivity index (χ2v) is 7.97. The van der Waals surface area contributed by atoms with Crippen LogP contribution in [0, 0.1) is 12.7 Å². The van der Waals surface area contributed by atoms with Crippen molar-refractivity contribution in [2.75, 3.05) is 12.4 Å². The molecule has 1 unspecified atom stereocenters. The molecule has 1 atom stereocenters. The molecule has 2 aromatic rings. The Labute approximate surface area is 189 Å². The highest BCUT2D eigenvalue weighted by molar-refractivity contribution is 5.95. The molecule has 0 bridgehead atoms. The Bertz CT molecular complexity index is 911. The minimum atomic E-state index is -0.536. The van der Waals surface area contributed by atoms with Crippen LogP contribution in [-0.2, 0) is 4.79 Å². The molecule has 0 saturated heterocycles. The molecular weight excluding hydrogens is 411 g/mol. The van der Waals surface area contributed by atoms with Crippen LogP contribution in [0.25, 0.3) is 0 Å². The van der Waals surface area contributed by atoms with Gasteiger partial charge in [-0.2, -0.15) is 0 Å². The molecule has 0 spiro atoms. The number of amides is 1. The van der Waals surface area contributed by atoms with E-state index in [9.17, 15) is 14.3 Å². The van der Waals surface area contributed by atoms with E-state index in [1.54, 1.807) is 13.1 Å². The van der Waals surface area contributed by atoms with Gasteiger partial charge in [-0.15, -0.1) is 0 Å². The fourth-order valence-corrected chi connectivity index (χ4v) is 3.72. The number of aliphatic hydroxyl groups is 1. The SMILES string of the molecule is CC=O.CNc1c(F)cc(C(=O)NC2CCC(O)CC2)cc1OC(C)c1cccc(C)c1. The van der Waals surface area contributed by atoms with E-state index in [2.05, 4.69) is 10.6 Å². The van der Waals surface area contributed by atoms with Gasteiger partial charge in [-0.25, -0.2) is 4.39 Å². The summed E-state index contributed by atoms with van der Waals surface area (Å²) in [4.78, 5) is 21.5. The zero-order valence-electron chi connectivity index (χ0n) is 19.2. The van der Waals surface area contributed by atoms with Gasteiger partial charge in [0.05, 0.1) is 6.10 Å². The Morgan fingerprint density at radius 1 is 1.22 bits per heavy atom. The number of hydrogen-bond acceptors (Lipinski definition) is 5. The summed E-state index contributed by atoms with van der Waals surface area (Å²) in [5, 5.41) is 15.4. The number of aliphatic hydroxyl groups excluding tert-OH is 1. The molecule has 174 valence electrons. The minimum absolute atomic E-state index is 0.00600. The molecule has 1 saturated carbocycles. The van der Waals surface area contributed by atoms with Crippen LogP contribution < -0.4 is 15.4 Å². The van der Waals surface area contributed by atoms with E-state index >= 15 is 0 Å². The lowest BCUT2D eigenvalue weighted by molar-refractivity contribution is -0.106. The first-order valence-corrected chi connectivity index (χ1v) is 10.9. The van der Waals surface area contributed by atoms with Crippen LogP contribution in [0.1, 0.15) is 67.1 Å². The van der Waals surface area contributed by atoms with Crippen molar-refractivity contribution in [2.24, 2.45) is 0 Å². The molecule has 3 rings (SSSR count). The molecular formula is C25H33FN2O4. The monoisotopic (exact) mass is 444 g/mol. The molecule has 1 amide bonds. The fraction of sp³-hybridized carbons (Fsp3) is 0.440. The first kappa shape index (κ1) is 25.3. The van der Waals surface area contributed by atoms with Crippen molar-refractivity contribution in [1.29, 1.82) is 0 Å². The van der Waals surface area contributed by atoms with Crippen LogP contribution >= 0.6 is 0 Å². The lowest BCUT2D eigenvalue weighted by Crippen LogP contribution is -2.38. The maximum absolute atomic E-state index is 14.7. The van der Waals surface area contributed by atoms with Gasteiger partial charge in [-0.3, -0.25) is 4.79 Å². The van der Waals surface area contributed by atoms with Gasteiger partial charge in [0.25, 0.3) is 5.91 Å². The maximum Gasteiger partial charge on any atom is 0.251 e. The molecule has 1 fully saturated rings. The smallest absolute Gasteiger partial charge is 0.251 e. The number of benzene rings is 2. The van der Waals surface area contributed by atoms with Crippen molar-refractivity contribution in [3.63, 3.8) is 0 Å². The summed E-state index contributed by atoms with van der Waals surface area (Å²) in [5.41, 5.74) is 2.53. The zero-order valence-corrected chi connectivity index (χ0v) is 19.2. The van der Waals surface area contributed by atoms with Crippen molar-refractivity contribution in [3.05, 3.63) is 58.9 Å². The zero-order chi connectivity index (χ0) is 23.7. The van der Waals surface area contributed by atoms with Gasteiger partial charge >= 0.3 is 0 Å². The molecule has 0 aromatic heterocycles. The summed E-state index contributed by atoms with van der Waals surface area (Å²) in [6, 6.07) is 10.7. The third-order valence-electron chi connectivity index (χ3n) is 5.41. The molecule has 1 aliphatic rings. The predicted molar refractivity (Wildman–Crippen MR) is 124 cm³/mol. The number of nitrogens with one attached hydrogen (secondary N) is 2. The highest BCUT2D eigenvalue weighted by Crippen LogP contribution is 2.33. The summed E-state index contributed by atoms with van der Waals surface area (Å²) in [7, 11) is 1.62. The van der Waals surface area contributed by atoms with Crippen molar-refractivity contribution in [2.45, 2.75) is 64.7 Å². The van der Waals surface area contributed by atoms with Crippen LogP contribution in [0.5, 0.6) is 5.75 Å². The summed E-state index contributed by atoms with van der Waals surface area (Å²) >= 11 is 0. The average Bonchev–Trinajstić information content (AvgIpc) is 2.75. The van der Waals surface area contributed by atoms with Gasteiger partial charge in [0.2, 0.25) is 0 Å². The van der Waals surface area contributed by atoms with Gasteiger partial charge in [0, 0.05) is 18.7 Å². The van der Waals surface area contributed by atoms with E-state index in [4.69, 9.17) is 9.53 Å². The van der Waals surface area contributed by atoms with Gasteiger partial charge in [0.15, 0.2) is 5.82 Å². The molecule has 2 aromatic carbocycles. The van der Waals surface area contributed by atoms with Crippen molar-refractivity contribution in [3.8, 4) is 5.75 Å². The standard InChI is InChI=1S/C23H29FN2O3.C2H4O/c1-14-5-4-6-16(11-14)15(2)29-21-13-17(12-20(24)22(21)25-3)23(28)26-18-7-9-19(27)10-8-18;1-2-3/h4-6,11-13,15,18-19,25,27H,7-10H2,1-3H3,(H,26,28);2H,1H3. The Hall–Kier alpha value is -2.93. The van der Waals surface area contributed by atoms with Crippen LogP contribution in [0.15, 0.2) is 36.4 Å². The van der Waals surface area contributed by atoms with E-state index in [1.807, 2.05) is 38.1 Å². The molecule has 6 nitrogen and oxygen atoms in total. The Morgan fingerprint density at radius 3 is 2.47 bits per heavy atom. The maximum atomic E-state index is 14.7. The van der Waals surface area contributed by atoms with E-state index in [1.165, 1.54) is 13.0 Å². The lowest BCUT2D eigenvalue weighted by Gasteiger charge is -2.26. The third kappa shape index (κ3) is 7.05. The molecule has 0 radical (unpaired) electrons. The second-order valence-electron chi connectivity index (χ2n) is 7.97. The molecule has 7 heteroatoms. The van der Waals surface area contributed by atoms with Crippen LogP contribution in [-0.4, -0.2) is 36.5 Å². The number of ether oxygens (including phenoxy) is 1. The number of halogens is 1. The summed E-state index contributed by atoms with van der Waals surface area (Å²) in [6.45, 7) is 5.34. The largest absolute Gasteiger partial charge is 0.484 e. The van der Waals surface area contributed by atoms with E-state index < -0.39 is 5.82 Å². The number of aryl methyl sites for hydroxylation is 1. The lowest BCUT2D eigenvalue weighted by atomic mass is 9.93. The van der Waals surface area contributed by atoms with E-state index in [-0.39, 0.29) is 35.4 Å². The fourth-order valence-electron chi connectivity index (χ4n) is 3.72. The van der Waals surface area contributed by atoms with Crippen LogP contribution in [0.4, 0.5) is 10.1 Å². The first-order valence-electron chi connectivity index (χ1n) is 10.9. The molecule has 0 heterocycles. The highest BCUT2D eigenvalue weighted by Gasteiger charge is 2.23. The number of carbonyl (C=O) groups excluding carboxylic acids is 2. The van der Waals surface area contributed by atoms with Crippen LogP contribution in [0.3, 0.4) is 0 Å². The van der Waals surface area contributed by atoms with Gasteiger partial charge in [-0.1, -0.05) is 29.8 Å². The van der Waals surface area contributed by atoms with Gasteiger partial charge in [-0.05, 0) is 64.2 Å². The van der Waals surface area contributed by atoms with E-state index in [0.717, 1.165) is 30.3 Å². The number of carbonyl (C=O) groups is 2. The third-order valence-corrected chi connectivity index (χ3v) is 5.41. The van der Waals surface area contributed by atoms with Crippen LogP contribution in [0.2, 0.25) is 0 Å². The van der Waals surface area contributed by atoms with Crippen molar-refractivity contribution in [1.82, 2.24) is 5.32 Å². The topological polar surface area (TPSA) is 87.7 Å². The predicted octanol–water partition coefficient (Wildman–Crippen LogP) is 4.55. The number of rotatable bonds is 6. The number of anilines is 1. The van der Waals surface area contributed by atoms with Gasteiger partial charge < -0.3 is 25.3 Å². The number of aldehydes is 1. The second kappa shape index (κ2) is 12.2. The van der Waals surface area contributed by atoms with Crippen molar-refractivity contribution < 1.29 is 23.8 Å². The summed E-state index contributed by atoms with van der Waals surface area (Å²) in [6.07, 6.45) is 2.93. The Kier molecular flexibility index (Phi) is 9.65. The first-order chi connectivity index (χ1) is 15.3. The molecule has 3 N–H and O–H groups in total. The highest BCUT2D eigenvalue weighted by atomic mass is 19.1. The summed E-state index contributed by atoms with van der Waals surface area (Å²) < 4.78 is 20.7. The summed E-state index contributed by atoms with van der Waals surface area (Å²) in [5.74, 6) is -0.572. The van der Waals surface area contributed by atoms with E-state index in [0.29, 0.717) is 18.6 Å². The molecule has 1 aliphatic carbocycles. The van der Waals surface area contributed by atoms with Crippen molar-refractivity contribution >= 4 is 17.9 Å².